The van der Waals surface area contributed by atoms with E-state index in [1.807, 2.05) is 19.1 Å². The van der Waals surface area contributed by atoms with Crippen molar-refractivity contribution in [2.24, 2.45) is 16.8 Å². The van der Waals surface area contributed by atoms with Gasteiger partial charge in [0.25, 0.3) is 0 Å². The number of aryl methyl sites for hydroxylation is 1. The van der Waals surface area contributed by atoms with E-state index in [2.05, 4.69) is 21.9 Å². The van der Waals surface area contributed by atoms with Gasteiger partial charge >= 0.3 is 11.4 Å². The topological polar surface area (TPSA) is 118 Å². The molecule has 0 bridgehead atoms. The Morgan fingerprint density at radius 1 is 1.17 bits per heavy atom. The molecule has 0 spiro atoms. The number of hydrogen-bond donors (Lipinski definition) is 1. The Kier molecular flexibility index (Phi) is 7.30. The molecule has 182 valence electrons. The van der Waals surface area contributed by atoms with Gasteiger partial charge in [0.2, 0.25) is 11.5 Å². The SMILES string of the molecule is CCn1c(=O)[nH]/c(=N\c2ccc(Oc3ccc(C#N)cn3)c(C)c2)n(C[C@H]2CC[C@H](C)CC2)c1=O. The number of pyridine rings is 1. The molecule has 35 heavy (non-hydrogen) atoms. The Morgan fingerprint density at radius 2 is 1.94 bits per heavy atom. The second-order valence-corrected chi connectivity index (χ2v) is 9.18. The highest BCUT2D eigenvalue weighted by molar-refractivity contribution is 5.47. The molecule has 1 aromatic carbocycles. The second kappa shape index (κ2) is 10.6. The van der Waals surface area contributed by atoms with Gasteiger partial charge in [0.05, 0.1) is 11.3 Å². The molecule has 0 unspecified atom stereocenters. The van der Waals surface area contributed by atoms with Crippen molar-refractivity contribution in [1.82, 2.24) is 19.1 Å². The number of nitrogens with zero attached hydrogens (tertiary/aromatic N) is 5. The lowest BCUT2D eigenvalue weighted by atomic mass is 9.83. The van der Waals surface area contributed by atoms with Crippen LogP contribution >= 0.6 is 0 Å². The molecule has 1 aliphatic rings. The van der Waals surface area contributed by atoms with Crippen molar-refractivity contribution in [2.75, 3.05) is 0 Å². The fourth-order valence-electron chi connectivity index (χ4n) is 4.41. The van der Waals surface area contributed by atoms with Gasteiger partial charge in [-0.3, -0.25) is 9.55 Å². The molecule has 0 saturated heterocycles. The maximum absolute atomic E-state index is 13.1. The van der Waals surface area contributed by atoms with Crippen molar-refractivity contribution < 1.29 is 4.74 Å². The molecule has 0 atom stereocenters. The van der Waals surface area contributed by atoms with E-state index in [0.717, 1.165) is 31.2 Å². The average Bonchev–Trinajstić information content (AvgIpc) is 2.85. The summed E-state index contributed by atoms with van der Waals surface area (Å²) in [5.74, 6) is 2.07. The lowest BCUT2D eigenvalue weighted by Gasteiger charge is -2.26. The van der Waals surface area contributed by atoms with E-state index < -0.39 is 5.69 Å². The predicted octanol–water partition coefficient (Wildman–Crippen LogP) is 3.78. The number of H-pyrrole nitrogens is 1. The van der Waals surface area contributed by atoms with Gasteiger partial charge in [-0.05, 0) is 68.4 Å². The lowest BCUT2D eigenvalue weighted by Crippen LogP contribution is -2.50. The van der Waals surface area contributed by atoms with Crippen molar-refractivity contribution in [1.29, 1.82) is 5.26 Å². The van der Waals surface area contributed by atoms with Crippen LogP contribution in [0, 0.1) is 30.1 Å². The quantitative estimate of drug-likeness (QED) is 0.583. The number of rotatable bonds is 6. The van der Waals surface area contributed by atoms with Gasteiger partial charge in [-0.15, -0.1) is 0 Å². The van der Waals surface area contributed by atoms with E-state index in [1.54, 1.807) is 35.8 Å². The summed E-state index contributed by atoms with van der Waals surface area (Å²) in [7, 11) is 0. The summed E-state index contributed by atoms with van der Waals surface area (Å²) < 4.78 is 8.65. The molecule has 2 aromatic heterocycles. The van der Waals surface area contributed by atoms with Gasteiger partial charge < -0.3 is 4.74 Å². The molecule has 1 N–H and O–H groups in total. The number of nitrogens with one attached hydrogen (secondary N) is 1. The summed E-state index contributed by atoms with van der Waals surface area (Å²) in [6, 6.07) is 10.7. The Bertz CT molecular complexity index is 1420. The number of aromatic nitrogens is 4. The number of aromatic amines is 1. The first-order chi connectivity index (χ1) is 16.9. The Morgan fingerprint density at radius 3 is 2.57 bits per heavy atom. The molecule has 1 saturated carbocycles. The molecule has 1 fully saturated rings. The number of hydrogen-bond acceptors (Lipinski definition) is 6. The third-order valence-electron chi connectivity index (χ3n) is 6.55. The second-order valence-electron chi connectivity index (χ2n) is 9.18. The fraction of sp³-hybridized carbons (Fsp3) is 0.423. The van der Waals surface area contributed by atoms with E-state index in [-0.39, 0.29) is 11.3 Å². The summed E-state index contributed by atoms with van der Waals surface area (Å²) in [4.78, 5) is 37.2. The minimum Gasteiger partial charge on any atom is -0.439 e. The molecule has 0 radical (unpaired) electrons. The maximum Gasteiger partial charge on any atom is 0.334 e. The van der Waals surface area contributed by atoms with Crippen LogP contribution < -0.4 is 21.7 Å². The van der Waals surface area contributed by atoms with Crippen LogP contribution in [0.4, 0.5) is 5.69 Å². The molecule has 0 amide bonds. The first kappa shape index (κ1) is 24.2. The third-order valence-corrected chi connectivity index (χ3v) is 6.55. The molecule has 0 aliphatic heterocycles. The molecular formula is C26H30N6O3. The molecular weight excluding hydrogens is 444 g/mol. The van der Waals surface area contributed by atoms with Crippen LogP contribution in [0.25, 0.3) is 0 Å². The van der Waals surface area contributed by atoms with E-state index in [9.17, 15) is 9.59 Å². The number of nitriles is 1. The largest absolute Gasteiger partial charge is 0.439 e. The van der Waals surface area contributed by atoms with Crippen LogP contribution in [0.3, 0.4) is 0 Å². The first-order valence-electron chi connectivity index (χ1n) is 12.0. The van der Waals surface area contributed by atoms with Crippen LogP contribution in [0.1, 0.15) is 50.7 Å². The molecule has 4 rings (SSSR count). The standard InChI is InChI=1S/C26H30N6O3/c1-4-31-25(33)30-24(32(26(31)34)16-19-7-5-17(2)6-8-19)29-21-10-11-22(18(3)13-21)35-23-12-9-20(14-27)15-28-23/h9-13,15,17,19H,4-8,16H2,1-3H3,(H,29,30,33)/t17-,19-. The van der Waals surface area contributed by atoms with Gasteiger partial charge in [-0.25, -0.2) is 24.1 Å². The molecule has 9 heteroatoms. The third kappa shape index (κ3) is 5.60. The van der Waals surface area contributed by atoms with E-state index in [0.29, 0.717) is 47.8 Å². The van der Waals surface area contributed by atoms with Crippen molar-refractivity contribution in [3.8, 4) is 17.7 Å². The maximum atomic E-state index is 13.1. The highest BCUT2D eigenvalue weighted by atomic mass is 16.5. The van der Waals surface area contributed by atoms with Crippen molar-refractivity contribution in [2.45, 2.75) is 59.5 Å². The average molecular weight is 475 g/mol. The molecule has 9 nitrogen and oxygen atoms in total. The molecule has 3 aromatic rings. The highest BCUT2D eigenvalue weighted by Gasteiger charge is 2.20. The van der Waals surface area contributed by atoms with Gasteiger partial charge in [0.1, 0.15) is 11.8 Å². The smallest absolute Gasteiger partial charge is 0.334 e. The van der Waals surface area contributed by atoms with Crippen molar-refractivity contribution in [3.63, 3.8) is 0 Å². The fourth-order valence-corrected chi connectivity index (χ4v) is 4.41. The minimum atomic E-state index is -0.465. The zero-order chi connectivity index (χ0) is 24.9. The van der Waals surface area contributed by atoms with E-state index >= 15 is 0 Å². The minimum absolute atomic E-state index is 0.255. The summed E-state index contributed by atoms with van der Waals surface area (Å²) in [6.07, 6.45) is 5.88. The van der Waals surface area contributed by atoms with Crippen LogP contribution in [-0.2, 0) is 13.1 Å². The Labute approximate surface area is 203 Å². The van der Waals surface area contributed by atoms with Gasteiger partial charge in [0.15, 0.2) is 0 Å². The summed E-state index contributed by atoms with van der Waals surface area (Å²) >= 11 is 0. The number of benzene rings is 1. The van der Waals surface area contributed by atoms with Gasteiger partial charge in [0, 0.05) is 25.4 Å². The van der Waals surface area contributed by atoms with Crippen LogP contribution in [0.2, 0.25) is 0 Å². The summed E-state index contributed by atoms with van der Waals surface area (Å²) in [5.41, 5.74) is 1.32. The zero-order valence-electron chi connectivity index (χ0n) is 20.3. The van der Waals surface area contributed by atoms with E-state index in [4.69, 9.17) is 10.00 Å². The summed E-state index contributed by atoms with van der Waals surface area (Å²) in [6.45, 7) is 6.76. The van der Waals surface area contributed by atoms with E-state index in [1.165, 1.54) is 10.8 Å². The Balaban J connectivity index is 1.67. The highest BCUT2D eigenvalue weighted by Crippen LogP contribution is 2.29. The van der Waals surface area contributed by atoms with Crippen LogP contribution in [0.5, 0.6) is 11.6 Å². The molecule has 1 aliphatic carbocycles. The molecule has 2 heterocycles. The van der Waals surface area contributed by atoms with Crippen molar-refractivity contribution >= 4 is 5.69 Å². The monoisotopic (exact) mass is 474 g/mol. The zero-order valence-corrected chi connectivity index (χ0v) is 20.3. The van der Waals surface area contributed by atoms with Crippen molar-refractivity contribution in [3.05, 3.63) is 74.2 Å². The van der Waals surface area contributed by atoms with Crippen LogP contribution in [-0.4, -0.2) is 19.1 Å². The van der Waals surface area contributed by atoms with Gasteiger partial charge in [-0.1, -0.05) is 19.8 Å². The Hall–Kier alpha value is -3.93. The normalized spacial score (nSPS) is 18.3. The lowest BCUT2D eigenvalue weighted by molar-refractivity contribution is 0.255. The predicted molar refractivity (Wildman–Crippen MR) is 132 cm³/mol. The number of ether oxygens (including phenoxy) is 1. The van der Waals surface area contributed by atoms with Crippen LogP contribution in [0.15, 0.2) is 51.1 Å². The first-order valence-corrected chi connectivity index (χ1v) is 12.0. The van der Waals surface area contributed by atoms with Gasteiger partial charge in [-0.2, -0.15) is 5.26 Å². The summed E-state index contributed by atoms with van der Waals surface area (Å²) in [5, 5.41) is 8.91.